The largest absolute Gasteiger partial charge is 1.00 e. The summed E-state index contributed by atoms with van der Waals surface area (Å²) in [6.45, 7) is 4.46. The van der Waals surface area contributed by atoms with Crippen LogP contribution >= 0.6 is 0 Å². The summed E-state index contributed by atoms with van der Waals surface area (Å²) in [5.41, 5.74) is -0.589. The minimum absolute atomic E-state index is 0. The van der Waals surface area contributed by atoms with E-state index in [0.717, 1.165) is 12.8 Å². The molecule has 0 spiro atoms. The molecule has 0 saturated carbocycles. The Hall–Kier alpha value is 0.790. The van der Waals surface area contributed by atoms with E-state index in [9.17, 15) is 13.0 Å². The van der Waals surface area contributed by atoms with Gasteiger partial charge in [0, 0.05) is 5.41 Å². The molecule has 0 aromatic rings. The molecule has 0 N–H and O–H groups in total. The topological polar surface area (TPSA) is 84.9 Å². The van der Waals surface area contributed by atoms with E-state index in [1.54, 1.807) is 6.92 Å². The van der Waals surface area contributed by atoms with Gasteiger partial charge in [-0.1, -0.05) is 52.4 Å². The van der Waals surface area contributed by atoms with Gasteiger partial charge in [-0.25, -0.2) is 8.42 Å². The van der Waals surface area contributed by atoms with Crippen LogP contribution in [0.2, 0.25) is 0 Å². The quantitative estimate of drug-likeness (QED) is 0.223. The van der Waals surface area contributed by atoms with Crippen LogP contribution < -0.4 is 29.6 Å². The molecule has 0 radical (unpaired) electrons. The molecule has 0 aromatic heterocycles. The van der Waals surface area contributed by atoms with E-state index in [-0.39, 0.29) is 42.5 Å². The number of rotatable bonds is 11. The van der Waals surface area contributed by atoms with E-state index in [0.29, 0.717) is 13.2 Å². The van der Waals surface area contributed by atoms with E-state index in [1.807, 2.05) is 0 Å². The Morgan fingerprint density at radius 3 is 2.13 bits per heavy atom. The molecule has 1 fully saturated rings. The van der Waals surface area contributed by atoms with Crippen LogP contribution in [0.5, 0.6) is 0 Å². The van der Waals surface area contributed by atoms with Crippen molar-refractivity contribution in [1.29, 1.82) is 0 Å². The molecule has 0 bridgehead atoms. The van der Waals surface area contributed by atoms with Crippen LogP contribution in [-0.2, 0) is 24.1 Å². The average molecular weight is 360 g/mol. The van der Waals surface area contributed by atoms with Gasteiger partial charge in [-0.2, -0.15) is 0 Å². The maximum Gasteiger partial charge on any atom is 1.00 e. The van der Waals surface area contributed by atoms with Gasteiger partial charge in [-0.15, -0.1) is 0 Å². The fraction of sp³-hybridized carbons (Fsp3) is 1.00. The van der Waals surface area contributed by atoms with E-state index >= 15 is 0 Å². The van der Waals surface area contributed by atoms with Crippen LogP contribution in [0.1, 0.15) is 65.2 Å². The average Bonchev–Trinajstić information content (AvgIpc) is 2.46. The molecule has 1 aliphatic rings. The minimum atomic E-state index is -4.66. The summed E-state index contributed by atoms with van der Waals surface area (Å²) in [4.78, 5) is 0. The zero-order valence-corrected chi connectivity index (χ0v) is 17.5. The van der Waals surface area contributed by atoms with Crippen LogP contribution in [0.25, 0.3) is 0 Å². The van der Waals surface area contributed by atoms with E-state index in [2.05, 4.69) is 11.1 Å². The summed E-state index contributed by atoms with van der Waals surface area (Å²) in [5.74, 6) is 0. The SMILES string of the molecule is CCCCCCCCCC1OCC(C)(COS(=O)(=O)[O-])CO1.[Na+]. The Morgan fingerprint density at radius 1 is 1.09 bits per heavy atom. The second kappa shape index (κ2) is 12.2. The Morgan fingerprint density at radius 2 is 1.61 bits per heavy atom. The van der Waals surface area contributed by atoms with Gasteiger partial charge in [-0.3, -0.25) is 4.18 Å². The predicted molar refractivity (Wildman–Crippen MR) is 82.1 cm³/mol. The molecule has 0 aliphatic carbocycles. The molecule has 132 valence electrons. The third kappa shape index (κ3) is 11.9. The summed E-state index contributed by atoms with van der Waals surface area (Å²) in [6.07, 6.45) is 9.31. The van der Waals surface area contributed by atoms with Crippen molar-refractivity contribution in [3.63, 3.8) is 0 Å². The van der Waals surface area contributed by atoms with Gasteiger partial charge in [0.1, 0.15) is 0 Å². The minimum Gasteiger partial charge on any atom is -0.726 e. The van der Waals surface area contributed by atoms with E-state index in [1.165, 1.54) is 38.5 Å². The molecular weight excluding hydrogens is 331 g/mol. The fourth-order valence-corrected chi connectivity index (χ4v) is 2.84. The third-order valence-electron chi connectivity index (χ3n) is 3.83. The van der Waals surface area contributed by atoms with Crippen LogP contribution in [0.3, 0.4) is 0 Å². The summed E-state index contributed by atoms with van der Waals surface area (Å²) in [7, 11) is -4.66. The summed E-state index contributed by atoms with van der Waals surface area (Å²) >= 11 is 0. The van der Waals surface area contributed by atoms with Gasteiger partial charge < -0.3 is 14.0 Å². The molecule has 0 aromatic carbocycles. The zero-order valence-electron chi connectivity index (χ0n) is 14.7. The van der Waals surface area contributed by atoms with E-state index < -0.39 is 15.8 Å². The van der Waals surface area contributed by atoms with Crippen molar-refractivity contribution in [2.75, 3.05) is 19.8 Å². The molecular formula is C15H29NaO6S. The van der Waals surface area contributed by atoms with Crippen molar-refractivity contribution in [3.8, 4) is 0 Å². The molecule has 1 aliphatic heterocycles. The second-order valence-electron chi connectivity index (χ2n) is 6.44. The molecule has 6 nitrogen and oxygen atoms in total. The van der Waals surface area contributed by atoms with Crippen molar-refractivity contribution < 1.29 is 56.2 Å². The first kappa shape index (κ1) is 23.8. The molecule has 0 amide bonds. The molecule has 8 heteroatoms. The Kier molecular flexibility index (Phi) is 12.6. The fourth-order valence-electron chi connectivity index (χ4n) is 2.41. The van der Waals surface area contributed by atoms with Crippen LogP contribution in [0, 0.1) is 5.41 Å². The molecule has 23 heavy (non-hydrogen) atoms. The van der Waals surface area contributed by atoms with Crippen molar-refractivity contribution in [2.24, 2.45) is 5.41 Å². The molecule has 1 heterocycles. The van der Waals surface area contributed by atoms with Crippen molar-refractivity contribution in [1.82, 2.24) is 0 Å². The summed E-state index contributed by atoms with van der Waals surface area (Å²) < 4.78 is 47.0. The van der Waals surface area contributed by atoms with Gasteiger partial charge in [0.2, 0.25) is 10.4 Å². The molecule has 1 saturated heterocycles. The molecule has 0 unspecified atom stereocenters. The monoisotopic (exact) mass is 360 g/mol. The van der Waals surface area contributed by atoms with Gasteiger partial charge in [0.15, 0.2) is 6.29 Å². The molecule has 1 rings (SSSR count). The van der Waals surface area contributed by atoms with E-state index in [4.69, 9.17) is 9.47 Å². The standard InChI is InChI=1S/C15H30O6S.Na/c1-3-4-5-6-7-8-9-10-14-19-11-15(2,12-20-14)13-21-22(16,17)18;/h14H,3-13H2,1-2H3,(H,16,17,18);/q;+1/p-1. The molecule has 0 atom stereocenters. The number of hydrogen-bond acceptors (Lipinski definition) is 6. The first-order chi connectivity index (χ1) is 10.3. The number of unbranched alkanes of at least 4 members (excludes halogenated alkanes) is 6. The zero-order chi connectivity index (χ0) is 16.5. The van der Waals surface area contributed by atoms with Crippen molar-refractivity contribution in [2.45, 2.75) is 71.5 Å². The van der Waals surface area contributed by atoms with Gasteiger partial charge in [-0.05, 0) is 12.8 Å². The maximum absolute atomic E-state index is 10.5. The summed E-state index contributed by atoms with van der Waals surface area (Å²) in [5, 5.41) is 0. The van der Waals surface area contributed by atoms with Gasteiger partial charge in [0.25, 0.3) is 0 Å². The summed E-state index contributed by atoms with van der Waals surface area (Å²) in [6, 6.07) is 0. The predicted octanol–water partition coefficient (Wildman–Crippen LogP) is -0.0129. The Labute approximate surface area is 162 Å². The number of ether oxygens (including phenoxy) is 2. The first-order valence-corrected chi connectivity index (χ1v) is 9.51. The normalized spacial score (nSPS) is 25.1. The van der Waals surface area contributed by atoms with Crippen LogP contribution in [-0.4, -0.2) is 39.1 Å². The van der Waals surface area contributed by atoms with Gasteiger partial charge in [0.05, 0.1) is 19.8 Å². The second-order valence-corrected chi connectivity index (χ2v) is 7.49. The van der Waals surface area contributed by atoms with Gasteiger partial charge >= 0.3 is 29.6 Å². The van der Waals surface area contributed by atoms with Crippen LogP contribution in [0.15, 0.2) is 0 Å². The van der Waals surface area contributed by atoms with Crippen LogP contribution in [0.4, 0.5) is 0 Å². The third-order valence-corrected chi connectivity index (χ3v) is 4.24. The Bertz CT molecular complexity index is 393. The smallest absolute Gasteiger partial charge is 0.726 e. The Balaban J connectivity index is 0.00000484. The van der Waals surface area contributed by atoms with Crippen molar-refractivity contribution >= 4 is 10.4 Å². The van der Waals surface area contributed by atoms with Crippen molar-refractivity contribution in [3.05, 3.63) is 0 Å². The first-order valence-electron chi connectivity index (χ1n) is 8.18. The number of hydrogen-bond donors (Lipinski definition) is 0. The maximum atomic E-state index is 10.5.